The molecule has 3 nitrogen and oxygen atoms in total. The van der Waals surface area contributed by atoms with Gasteiger partial charge in [-0.2, -0.15) is 0 Å². The van der Waals surface area contributed by atoms with Crippen LogP contribution < -0.4 is 5.32 Å². The van der Waals surface area contributed by atoms with E-state index in [0.29, 0.717) is 12.1 Å². The predicted octanol–water partition coefficient (Wildman–Crippen LogP) is 2.02. The van der Waals surface area contributed by atoms with Gasteiger partial charge in [-0.1, -0.05) is 12.1 Å². The zero-order valence-electron chi connectivity index (χ0n) is 10.7. The standard InChI is InChI=1S/C14H20FNO2/c1-18-14(6-3-7-14)10-16-9-13(17)11-4-2-5-12(15)8-11/h2,4-5,8,13,16-17H,3,6-7,9-10H2,1H3. The highest BCUT2D eigenvalue weighted by molar-refractivity contribution is 5.19. The van der Waals surface area contributed by atoms with Gasteiger partial charge in [-0.3, -0.25) is 0 Å². The number of aliphatic hydroxyl groups excluding tert-OH is 1. The lowest BCUT2D eigenvalue weighted by atomic mass is 9.80. The van der Waals surface area contributed by atoms with Crippen molar-refractivity contribution in [3.63, 3.8) is 0 Å². The van der Waals surface area contributed by atoms with E-state index in [1.165, 1.54) is 18.6 Å². The molecular weight excluding hydrogens is 233 g/mol. The van der Waals surface area contributed by atoms with E-state index in [9.17, 15) is 9.50 Å². The van der Waals surface area contributed by atoms with Gasteiger partial charge >= 0.3 is 0 Å². The summed E-state index contributed by atoms with van der Waals surface area (Å²) in [4.78, 5) is 0. The smallest absolute Gasteiger partial charge is 0.123 e. The van der Waals surface area contributed by atoms with Gasteiger partial charge in [0, 0.05) is 20.2 Å². The molecule has 1 atom stereocenters. The van der Waals surface area contributed by atoms with Crippen molar-refractivity contribution in [3.8, 4) is 0 Å². The molecule has 0 radical (unpaired) electrons. The predicted molar refractivity (Wildman–Crippen MR) is 67.8 cm³/mol. The average Bonchev–Trinajstić information content (AvgIpc) is 2.32. The Hall–Kier alpha value is -0.970. The molecule has 4 heteroatoms. The maximum atomic E-state index is 13.0. The van der Waals surface area contributed by atoms with Crippen LogP contribution >= 0.6 is 0 Å². The number of halogens is 1. The van der Waals surface area contributed by atoms with Gasteiger partial charge in [0.15, 0.2) is 0 Å². The van der Waals surface area contributed by atoms with Crippen LogP contribution in [0.4, 0.5) is 4.39 Å². The summed E-state index contributed by atoms with van der Waals surface area (Å²) in [6.07, 6.45) is 2.64. The van der Waals surface area contributed by atoms with E-state index < -0.39 is 6.10 Å². The van der Waals surface area contributed by atoms with E-state index in [1.54, 1.807) is 19.2 Å². The third-order valence-corrected chi connectivity index (χ3v) is 3.72. The molecule has 0 amide bonds. The maximum absolute atomic E-state index is 13.0. The minimum Gasteiger partial charge on any atom is -0.387 e. The van der Waals surface area contributed by atoms with Crippen LogP contribution in [-0.4, -0.2) is 30.9 Å². The van der Waals surface area contributed by atoms with Crippen molar-refractivity contribution in [2.45, 2.75) is 31.0 Å². The maximum Gasteiger partial charge on any atom is 0.123 e. The molecule has 1 aliphatic carbocycles. The first-order valence-electron chi connectivity index (χ1n) is 6.35. The lowest BCUT2D eigenvalue weighted by molar-refractivity contribution is -0.0703. The van der Waals surface area contributed by atoms with Gasteiger partial charge < -0.3 is 15.2 Å². The van der Waals surface area contributed by atoms with Crippen LogP contribution in [0.2, 0.25) is 0 Å². The summed E-state index contributed by atoms with van der Waals surface area (Å²) in [6, 6.07) is 6.07. The van der Waals surface area contributed by atoms with Crippen molar-refractivity contribution < 1.29 is 14.2 Å². The summed E-state index contributed by atoms with van der Waals surface area (Å²) in [5.74, 6) is -0.320. The average molecular weight is 253 g/mol. The lowest BCUT2D eigenvalue weighted by Gasteiger charge is -2.40. The molecule has 1 saturated carbocycles. The minimum atomic E-state index is -0.685. The molecule has 2 N–H and O–H groups in total. The van der Waals surface area contributed by atoms with Crippen LogP contribution in [0, 0.1) is 5.82 Å². The number of hydrogen-bond acceptors (Lipinski definition) is 3. The monoisotopic (exact) mass is 253 g/mol. The molecule has 1 aromatic carbocycles. The van der Waals surface area contributed by atoms with Gasteiger partial charge in [0.05, 0.1) is 11.7 Å². The molecule has 0 aromatic heterocycles. The van der Waals surface area contributed by atoms with E-state index in [2.05, 4.69) is 5.32 Å². The van der Waals surface area contributed by atoms with Crippen LogP contribution in [-0.2, 0) is 4.74 Å². The number of ether oxygens (including phenoxy) is 1. The number of rotatable bonds is 6. The number of benzene rings is 1. The van der Waals surface area contributed by atoms with Crippen molar-refractivity contribution in [1.29, 1.82) is 0 Å². The zero-order chi connectivity index (χ0) is 13.0. The van der Waals surface area contributed by atoms with E-state index in [-0.39, 0.29) is 11.4 Å². The third kappa shape index (κ3) is 3.07. The van der Waals surface area contributed by atoms with Crippen molar-refractivity contribution in [2.75, 3.05) is 20.2 Å². The fourth-order valence-electron chi connectivity index (χ4n) is 2.29. The molecule has 1 fully saturated rings. The Morgan fingerprint density at radius 3 is 2.83 bits per heavy atom. The summed E-state index contributed by atoms with van der Waals surface area (Å²) < 4.78 is 18.5. The van der Waals surface area contributed by atoms with Crippen LogP contribution in [0.1, 0.15) is 30.9 Å². The molecule has 1 aromatic rings. The molecule has 0 aliphatic heterocycles. The van der Waals surface area contributed by atoms with Gasteiger partial charge in [-0.25, -0.2) is 4.39 Å². The fourth-order valence-corrected chi connectivity index (χ4v) is 2.29. The molecule has 1 aliphatic rings. The lowest BCUT2D eigenvalue weighted by Crippen LogP contribution is -2.48. The Balaban J connectivity index is 1.79. The first kappa shape index (κ1) is 13.5. The van der Waals surface area contributed by atoms with Crippen LogP contribution in [0.15, 0.2) is 24.3 Å². The fraction of sp³-hybridized carbons (Fsp3) is 0.571. The van der Waals surface area contributed by atoms with Gasteiger partial charge in [0.25, 0.3) is 0 Å². The van der Waals surface area contributed by atoms with Gasteiger partial charge in [0.1, 0.15) is 5.82 Å². The van der Waals surface area contributed by atoms with Crippen LogP contribution in [0.25, 0.3) is 0 Å². The Bertz CT molecular complexity index is 388. The van der Waals surface area contributed by atoms with Gasteiger partial charge in [0.2, 0.25) is 0 Å². The van der Waals surface area contributed by atoms with Gasteiger partial charge in [-0.15, -0.1) is 0 Å². The Kier molecular flexibility index (Phi) is 4.32. The molecule has 0 bridgehead atoms. The van der Waals surface area contributed by atoms with Crippen molar-refractivity contribution in [2.24, 2.45) is 0 Å². The quantitative estimate of drug-likeness (QED) is 0.815. The molecule has 18 heavy (non-hydrogen) atoms. The molecular formula is C14H20FNO2. The summed E-state index contributed by atoms with van der Waals surface area (Å²) in [5.41, 5.74) is 0.546. The van der Waals surface area contributed by atoms with Crippen molar-refractivity contribution >= 4 is 0 Å². The molecule has 0 saturated heterocycles. The van der Waals surface area contributed by atoms with E-state index >= 15 is 0 Å². The Labute approximate surface area is 107 Å². The number of hydrogen-bond donors (Lipinski definition) is 2. The summed E-state index contributed by atoms with van der Waals surface area (Å²) >= 11 is 0. The van der Waals surface area contributed by atoms with Crippen LogP contribution in [0.5, 0.6) is 0 Å². The SMILES string of the molecule is COC1(CNCC(O)c2cccc(F)c2)CCC1. The molecule has 0 heterocycles. The first-order valence-corrected chi connectivity index (χ1v) is 6.35. The molecule has 0 spiro atoms. The van der Waals surface area contributed by atoms with E-state index in [1.807, 2.05) is 0 Å². The third-order valence-electron chi connectivity index (χ3n) is 3.72. The molecule has 2 rings (SSSR count). The summed E-state index contributed by atoms with van der Waals surface area (Å²) in [5, 5.41) is 13.1. The van der Waals surface area contributed by atoms with E-state index in [4.69, 9.17) is 4.74 Å². The summed E-state index contributed by atoms with van der Waals surface area (Å²) in [7, 11) is 1.73. The largest absolute Gasteiger partial charge is 0.387 e. The van der Waals surface area contributed by atoms with Crippen molar-refractivity contribution in [1.82, 2.24) is 5.32 Å². The Morgan fingerprint density at radius 2 is 2.28 bits per heavy atom. The normalized spacial score (nSPS) is 19.3. The van der Waals surface area contributed by atoms with Crippen molar-refractivity contribution in [3.05, 3.63) is 35.6 Å². The summed E-state index contributed by atoms with van der Waals surface area (Å²) in [6.45, 7) is 1.14. The number of aliphatic hydroxyl groups is 1. The highest BCUT2D eigenvalue weighted by Gasteiger charge is 2.36. The molecule has 1 unspecified atom stereocenters. The second kappa shape index (κ2) is 5.78. The zero-order valence-corrected chi connectivity index (χ0v) is 10.7. The second-order valence-corrected chi connectivity index (χ2v) is 4.94. The topological polar surface area (TPSA) is 41.5 Å². The second-order valence-electron chi connectivity index (χ2n) is 4.94. The highest BCUT2D eigenvalue weighted by atomic mass is 19.1. The highest BCUT2D eigenvalue weighted by Crippen LogP contribution is 2.34. The number of nitrogens with one attached hydrogen (secondary N) is 1. The van der Waals surface area contributed by atoms with Crippen LogP contribution in [0.3, 0.4) is 0 Å². The number of methoxy groups -OCH3 is 1. The first-order chi connectivity index (χ1) is 8.65. The van der Waals surface area contributed by atoms with E-state index in [0.717, 1.165) is 19.4 Å². The van der Waals surface area contributed by atoms with Gasteiger partial charge in [-0.05, 0) is 37.0 Å². The minimum absolute atomic E-state index is 0.0539. The molecule has 100 valence electrons. The Morgan fingerprint density at radius 1 is 1.50 bits per heavy atom.